The van der Waals surface area contributed by atoms with Crippen LogP contribution in [-0.4, -0.2) is 67.6 Å². The maximum atomic E-state index is 12.5. The Kier molecular flexibility index (Phi) is 6.55. The number of aryl methyl sites for hydroxylation is 1. The number of piperazine rings is 1. The summed E-state index contributed by atoms with van der Waals surface area (Å²) in [6.45, 7) is 6.40. The van der Waals surface area contributed by atoms with Gasteiger partial charge in [-0.3, -0.25) is 9.59 Å². The van der Waals surface area contributed by atoms with Crippen molar-refractivity contribution in [1.82, 2.24) is 19.4 Å². The van der Waals surface area contributed by atoms with Gasteiger partial charge in [0, 0.05) is 56.4 Å². The number of nitrogens with one attached hydrogen (secondary N) is 1. The third-order valence-electron chi connectivity index (χ3n) is 5.77. The van der Waals surface area contributed by atoms with E-state index in [9.17, 15) is 19.5 Å². The number of carbonyl (C=O) groups is 2. The van der Waals surface area contributed by atoms with Crippen LogP contribution in [0.25, 0.3) is 11.0 Å². The predicted molar refractivity (Wildman–Crippen MR) is 133 cm³/mol. The number of carbonyl (C=O) groups excluding carboxylic acids is 1. The summed E-state index contributed by atoms with van der Waals surface area (Å²) in [6.07, 6.45) is 2.73. The average molecular weight is 481 g/mol. The number of thiocarbonyl (C=S) groups is 1. The molecule has 4 rings (SSSR count). The number of pyridine rings is 1. The number of Topliss-reactive ketones (excluding diaryl/α,β-unsaturated/α-hetero) is 1. The van der Waals surface area contributed by atoms with Crippen molar-refractivity contribution >= 4 is 51.8 Å². The zero-order valence-electron chi connectivity index (χ0n) is 18.8. The molecular formula is C23H24N6O4S. The average Bonchev–Trinajstić information content (AvgIpc) is 2.84. The van der Waals surface area contributed by atoms with Gasteiger partial charge in [0.15, 0.2) is 10.9 Å². The maximum Gasteiger partial charge on any atom is 0.341 e. The lowest BCUT2D eigenvalue weighted by Crippen LogP contribution is -2.50. The zero-order chi connectivity index (χ0) is 24.4. The first-order chi connectivity index (χ1) is 16.3. The first kappa shape index (κ1) is 23.3. The molecule has 11 heteroatoms. The number of hydrogen-bond acceptors (Lipinski definition) is 7. The molecule has 0 radical (unpaired) electrons. The molecule has 2 aromatic heterocycles. The van der Waals surface area contributed by atoms with E-state index >= 15 is 0 Å². The Morgan fingerprint density at radius 2 is 1.82 bits per heavy atom. The van der Waals surface area contributed by atoms with Crippen molar-refractivity contribution in [2.75, 3.05) is 36.4 Å². The molecule has 0 saturated carbocycles. The molecule has 2 N–H and O–H groups in total. The highest BCUT2D eigenvalue weighted by atomic mass is 32.1. The summed E-state index contributed by atoms with van der Waals surface area (Å²) >= 11 is 5.55. The van der Waals surface area contributed by atoms with Crippen molar-refractivity contribution < 1.29 is 14.7 Å². The highest BCUT2D eigenvalue weighted by molar-refractivity contribution is 7.80. The Morgan fingerprint density at radius 1 is 1.15 bits per heavy atom. The minimum Gasteiger partial charge on any atom is -0.477 e. The minimum absolute atomic E-state index is 0.0133. The fraction of sp³-hybridized carbons (Fsp3) is 0.304. The van der Waals surface area contributed by atoms with Crippen LogP contribution in [0.5, 0.6) is 0 Å². The Bertz CT molecular complexity index is 1330. The molecule has 0 atom stereocenters. The van der Waals surface area contributed by atoms with E-state index in [1.165, 1.54) is 19.3 Å². The molecule has 0 amide bonds. The molecule has 1 fully saturated rings. The van der Waals surface area contributed by atoms with Gasteiger partial charge in [0.25, 0.3) is 0 Å². The molecule has 34 heavy (non-hydrogen) atoms. The van der Waals surface area contributed by atoms with E-state index in [-0.39, 0.29) is 16.7 Å². The van der Waals surface area contributed by atoms with Gasteiger partial charge in [-0.1, -0.05) is 0 Å². The van der Waals surface area contributed by atoms with Crippen molar-refractivity contribution in [3.8, 4) is 0 Å². The second-order valence-corrected chi connectivity index (χ2v) is 8.29. The number of carboxylic acids is 1. The van der Waals surface area contributed by atoms with Crippen LogP contribution < -0.4 is 15.6 Å². The van der Waals surface area contributed by atoms with Crippen LogP contribution in [0.3, 0.4) is 0 Å². The quantitative estimate of drug-likeness (QED) is 0.415. The summed E-state index contributed by atoms with van der Waals surface area (Å²) in [5.74, 6) is -0.774. The highest BCUT2D eigenvalue weighted by Gasteiger charge is 2.22. The standard InChI is InChI=1S/C23H24N6O4S/c1-3-27-13-18(21(32)33)19(31)17-12-24-22(26-20(17)27)28-8-10-29(11-9-28)23(34)25-16-6-4-15(5-7-16)14(2)30/h4-7,12-13H,3,8-11H2,1-2H3,(H,25,34)(H,32,33). The van der Waals surface area contributed by atoms with E-state index in [0.29, 0.717) is 55.0 Å². The Balaban J connectivity index is 1.46. The number of aromatic carboxylic acids is 1. The maximum absolute atomic E-state index is 12.5. The number of aromatic nitrogens is 3. The number of ketones is 1. The lowest BCUT2D eigenvalue weighted by molar-refractivity contribution is 0.0694. The van der Waals surface area contributed by atoms with Crippen molar-refractivity contribution in [2.45, 2.75) is 20.4 Å². The summed E-state index contributed by atoms with van der Waals surface area (Å²) in [7, 11) is 0. The number of carboxylic acid groups (broad SMARTS) is 1. The van der Waals surface area contributed by atoms with Crippen LogP contribution in [0.15, 0.2) is 41.5 Å². The minimum atomic E-state index is -1.27. The van der Waals surface area contributed by atoms with Gasteiger partial charge in [-0.25, -0.2) is 9.78 Å². The van der Waals surface area contributed by atoms with Crippen LogP contribution in [0, 0.1) is 0 Å². The number of rotatable bonds is 5. The van der Waals surface area contributed by atoms with Gasteiger partial charge in [0.05, 0.1) is 5.39 Å². The summed E-state index contributed by atoms with van der Waals surface area (Å²) in [6, 6.07) is 7.17. The van der Waals surface area contributed by atoms with Crippen LogP contribution in [0.2, 0.25) is 0 Å². The second-order valence-electron chi connectivity index (χ2n) is 7.91. The van der Waals surface area contributed by atoms with E-state index < -0.39 is 11.4 Å². The molecule has 3 heterocycles. The zero-order valence-corrected chi connectivity index (χ0v) is 19.6. The van der Waals surface area contributed by atoms with Gasteiger partial charge in [-0.15, -0.1) is 0 Å². The summed E-state index contributed by atoms with van der Waals surface area (Å²) in [5.41, 5.74) is 0.991. The molecular weight excluding hydrogens is 456 g/mol. The smallest absolute Gasteiger partial charge is 0.341 e. The van der Waals surface area contributed by atoms with Crippen LogP contribution >= 0.6 is 12.2 Å². The van der Waals surface area contributed by atoms with Gasteiger partial charge in [0.2, 0.25) is 11.4 Å². The van der Waals surface area contributed by atoms with Crippen LogP contribution in [0.1, 0.15) is 34.6 Å². The number of nitrogens with zero attached hydrogens (tertiary/aromatic N) is 5. The van der Waals surface area contributed by atoms with Gasteiger partial charge in [0.1, 0.15) is 11.2 Å². The first-order valence-electron chi connectivity index (χ1n) is 10.8. The predicted octanol–water partition coefficient (Wildman–Crippen LogP) is 2.23. The Labute approximate surface area is 200 Å². The second kappa shape index (κ2) is 9.56. The molecule has 3 aromatic rings. The molecule has 10 nitrogen and oxygen atoms in total. The van der Waals surface area contributed by atoms with E-state index in [4.69, 9.17) is 12.2 Å². The molecule has 0 spiro atoms. The monoisotopic (exact) mass is 480 g/mol. The highest BCUT2D eigenvalue weighted by Crippen LogP contribution is 2.17. The van der Waals surface area contributed by atoms with Gasteiger partial charge >= 0.3 is 5.97 Å². The van der Waals surface area contributed by atoms with E-state index in [1.54, 1.807) is 16.7 Å². The summed E-state index contributed by atoms with van der Waals surface area (Å²) in [4.78, 5) is 48.3. The molecule has 0 bridgehead atoms. The Hall–Kier alpha value is -3.86. The normalized spacial score (nSPS) is 13.7. The van der Waals surface area contributed by atoms with Gasteiger partial charge in [-0.2, -0.15) is 4.98 Å². The number of fused-ring (bicyclic) bond motifs is 1. The van der Waals surface area contributed by atoms with Crippen molar-refractivity contribution in [2.24, 2.45) is 0 Å². The molecule has 176 valence electrons. The third-order valence-corrected chi connectivity index (χ3v) is 6.13. The molecule has 1 aromatic carbocycles. The van der Waals surface area contributed by atoms with E-state index in [0.717, 1.165) is 5.69 Å². The van der Waals surface area contributed by atoms with Gasteiger partial charge < -0.3 is 24.8 Å². The van der Waals surface area contributed by atoms with Crippen LogP contribution in [0.4, 0.5) is 11.6 Å². The van der Waals surface area contributed by atoms with Crippen molar-refractivity contribution in [1.29, 1.82) is 0 Å². The summed E-state index contributed by atoms with van der Waals surface area (Å²) < 4.78 is 1.65. The molecule has 1 aliphatic rings. The molecule has 0 aliphatic carbocycles. The van der Waals surface area contributed by atoms with Gasteiger partial charge in [-0.05, 0) is 50.3 Å². The fourth-order valence-corrected chi connectivity index (χ4v) is 4.11. The molecule has 1 saturated heterocycles. The lowest BCUT2D eigenvalue weighted by Gasteiger charge is -2.36. The van der Waals surface area contributed by atoms with Crippen molar-refractivity contribution in [3.63, 3.8) is 0 Å². The topological polar surface area (TPSA) is 121 Å². The SMILES string of the molecule is CCn1cc(C(=O)O)c(=O)c2cnc(N3CCN(C(=S)Nc4ccc(C(C)=O)cc4)CC3)nc21. The van der Waals surface area contributed by atoms with E-state index in [2.05, 4.69) is 15.3 Å². The van der Waals surface area contributed by atoms with Crippen molar-refractivity contribution in [3.05, 3.63) is 58.0 Å². The number of benzene rings is 1. The fourth-order valence-electron chi connectivity index (χ4n) is 3.81. The number of anilines is 2. The van der Waals surface area contributed by atoms with Crippen LogP contribution in [-0.2, 0) is 6.54 Å². The Morgan fingerprint density at radius 3 is 2.41 bits per heavy atom. The third kappa shape index (κ3) is 4.60. The lowest BCUT2D eigenvalue weighted by atomic mass is 10.1. The molecule has 1 aliphatic heterocycles. The first-order valence-corrected chi connectivity index (χ1v) is 11.2. The molecule has 0 unspecified atom stereocenters. The summed E-state index contributed by atoms with van der Waals surface area (Å²) in [5, 5.41) is 13.3. The largest absolute Gasteiger partial charge is 0.477 e. The van der Waals surface area contributed by atoms with E-state index in [1.807, 2.05) is 28.9 Å². The number of hydrogen-bond donors (Lipinski definition) is 2.